The lowest BCUT2D eigenvalue weighted by Crippen LogP contribution is -2.43. The van der Waals surface area contributed by atoms with Gasteiger partial charge in [-0.1, -0.05) is 31.0 Å². The van der Waals surface area contributed by atoms with Gasteiger partial charge in [-0.05, 0) is 48.7 Å². The summed E-state index contributed by atoms with van der Waals surface area (Å²) >= 11 is 0. The monoisotopic (exact) mass is 362 g/mol. The Kier molecular flexibility index (Phi) is 4.62. The molecule has 0 atom stereocenters. The van der Waals surface area contributed by atoms with E-state index in [4.69, 9.17) is 4.74 Å². The predicted molar refractivity (Wildman–Crippen MR) is 102 cm³/mol. The fourth-order valence-corrected chi connectivity index (χ4v) is 3.81. The van der Waals surface area contributed by atoms with Gasteiger partial charge in [0.25, 0.3) is 5.91 Å². The molecule has 27 heavy (non-hydrogen) atoms. The third-order valence-corrected chi connectivity index (χ3v) is 5.28. The maximum atomic E-state index is 13.0. The highest BCUT2D eigenvalue weighted by molar-refractivity contribution is 5.95. The normalized spacial score (nSPS) is 15.4. The van der Waals surface area contributed by atoms with Crippen molar-refractivity contribution in [2.45, 2.75) is 31.2 Å². The summed E-state index contributed by atoms with van der Waals surface area (Å²) in [4.78, 5) is 13.0. The lowest BCUT2D eigenvalue weighted by molar-refractivity contribution is 0.0898. The Balaban J connectivity index is 1.60. The topological polar surface area (TPSA) is 69.0 Å². The van der Waals surface area contributed by atoms with Crippen molar-refractivity contribution in [1.82, 2.24) is 20.1 Å². The zero-order valence-electron chi connectivity index (χ0n) is 15.3. The molecule has 1 saturated carbocycles. The molecule has 1 heterocycles. The van der Waals surface area contributed by atoms with E-state index in [2.05, 4.69) is 27.6 Å². The molecule has 4 rings (SSSR count). The highest BCUT2D eigenvalue weighted by Gasteiger charge is 2.37. The molecule has 0 spiro atoms. The molecule has 1 amide bonds. The SMILES string of the molecule is COc1ccc(C2(NC(=O)c3cccc(-n4cnnc4)c3)CCCC2)cc1. The number of hydrogen-bond donors (Lipinski definition) is 1. The smallest absolute Gasteiger partial charge is 0.252 e. The first-order valence-corrected chi connectivity index (χ1v) is 9.12. The summed E-state index contributed by atoms with van der Waals surface area (Å²) in [5, 5.41) is 11.0. The second kappa shape index (κ2) is 7.23. The van der Waals surface area contributed by atoms with E-state index in [1.165, 1.54) is 0 Å². The third-order valence-electron chi connectivity index (χ3n) is 5.28. The van der Waals surface area contributed by atoms with Gasteiger partial charge in [0, 0.05) is 11.3 Å². The molecule has 0 aliphatic heterocycles. The summed E-state index contributed by atoms with van der Waals surface area (Å²) in [6.45, 7) is 0. The van der Waals surface area contributed by atoms with Gasteiger partial charge in [0.2, 0.25) is 0 Å². The second-order valence-electron chi connectivity index (χ2n) is 6.89. The van der Waals surface area contributed by atoms with E-state index in [1.807, 2.05) is 36.4 Å². The minimum absolute atomic E-state index is 0.0670. The maximum absolute atomic E-state index is 13.0. The van der Waals surface area contributed by atoms with E-state index in [9.17, 15) is 4.79 Å². The van der Waals surface area contributed by atoms with Crippen molar-refractivity contribution < 1.29 is 9.53 Å². The Bertz CT molecular complexity index is 914. The van der Waals surface area contributed by atoms with Gasteiger partial charge in [0.05, 0.1) is 12.6 Å². The Morgan fingerprint density at radius 1 is 1.07 bits per heavy atom. The average molecular weight is 362 g/mol. The lowest BCUT2D eigenvalue weighted by Gasteiger charge is -2.31. The van der Waals surface area contributed by atoms with Crippen LogP contribution in [0.1, 0.15) is 41.6 Å². The van der Waals surface area contributed by atoms with Crippen LogP contribution in [0.5, 0.6) is 5.75 Å². The van der Waals surface area contributed by atoms with Gasteiger partial charge in [-0.2, -0.15) is 0 Å². The van der Waals surface area contributed by atoms with Crippen LogP contribution in [0.25, 0.3) is 5.69 Å². The first kappa shape index (κ1) is 17.3. The molecular weight excluding hydrogens is 340 g/mol. The van der Waals surface area contributed by atoms with Crippen LogP contribution < -0.4 is 10.1 Å². The van der Waals surface area contributed by atoms with E-state index >= 15 is 0 Å². The van der Waals surface area contributed by atoms with Gasteiger partial charge < -0.3 is 10.1 Å². The summed E-state index contributed by atoms with van der Waals surface area (Å²) < 4.78 is 7.05. The molecule has 1 fully saturated rings. The van der Waals surface area contributed by atoms with E-state index < -0.39 is 0 Å². The zero-order valence-corrected chi connectivity index (χ0v) is 15.3. The molecule has 0 radical (unpaired) electrons. The molecule has 0 unspecified atom stereocenters. The average Bonchev–Trinajstić information content (AvgIpc) is 3.41. The molecule has 1 N–H and O–H groups in total. The van der Waals surface area contributed by atoms with Crippen LogP contribution in [0.3, 0.4) is 0 Å². The Labute approximate surface area is 158 Å². The van der Waals surface area contributed by atoms with Crippen LogP contribution in [0.2, 0.25) is 0 Å². The first-order chi connectivity index (χ1) is 13.2. The molecule has 0 bridgehead atoms. The molecule has 1 aromatic heterocycles. The van der Waals surface area contributed by atoms with Crippen LogP contribution in [0.15, 0.2) is 61.2 Å². The molecule has 3 aromatic rings. The molecule has 6 heteroatoms. The number of amides is 1. The van der Waals surface area contributed by atoms with E-state index in [-0.39, 0.29) is 11.4 Å². The molecular formula is C21H22N4O2. The van der Waals surface area contributed by atoms with Crippen molar-refractivity contribution in [1.29, 1.82) is 0 Å². The molecule has 1 aliphatic carbocycles. The van der Waals surface area contributed by atoms with Crippen molar-refractivity contribution in [2.24, 2.45) is 0 Å². The highest BCUT2D eigenvalue weighted by Crippen LogP contribution is 2.39. The fourth-order valence-electron chi connectivity index (χ4n) is 3.81. The van der Waals surface area contributed by atoms with Crippen molar-refractivity contribution in [2.75, 3.05) is 7.11 Å². The number of nitrogens with one attached hydrogen (secondary N) is 1. The summed E-state index contributed by atoms with van der Waals surface area (Å²) in [6.07, 6.45) is 7.33. The molecule has 2 aromatic carbocycles. The lowest BCUT2D eigenvalue weighted by atomic mass is 9.87. The number of nitrogens with zero attached hydrogens (tertiary/aromatic N) is 3. The van der Waals surface area contributed by atoms with Crippen molar-refractivity contribution in [3.63, 3.8) is 0 Å². The fraction of sp³-hybridized carbons (Fsp3) is 0.286. The van der Waals surface area contributed by atoms with E-state index in [0.29, 0.717) is 5.56 Å². The first-order valence-electron chi connectivity index (χ1n) is 9.12. The number of carbonyl (C=O) groups excluding carboxylic acids is 1. The van der Waals surface area contributed by atoms with Gasteiger partial charge in [-0.3, -0.25) is 9.36 Å². The number of rotatable bonds is 5. The number of methoxy groups -OCH3 is 1. The minimum atomic E-state index is -0.323. The third kappa shape index (κ3) is 3.43. The second-order valence-corrected chi connectivity index (χ2v) is 6.89. The van der Waals surface area contributed by atoms with Crippen molar-refractivity contribution in [3.8, 4) is 11.4 Å². The molecule has 6 nitrogen and oxygen atoms in total. The van der Waals surface area contributed by atoms with Crippen LogP contribution in [-0.2, 0) is 5.54 Å². The number of hydrogen-bond acceptors (Lipinski definition) is 4. The predicted octanol–water partition coefficient (Wildman–Crippen LogP) is 3.48. The number of benzene rings is 2. The van der Waals surface area contributed by atoms with Gasteiger partial charge in [-0.25, -0.2) is 0 Å². The van der Waals surface area contributed by atoms with Gasteiger partial charge in [-0.15, -0.1) is 10.2 Å². The van der Waals surface area contributed by atoms with Crippen LogP contribution in [0, 0.1) is 0 Å². The summed E-state index contributed by atoms with van der Waals surface area (Å²) in [6, 6.07) is 15.5. The van der Waals surface area contributed by atoms with Crippen molar-refractivity contribution >= 4 is 5.91 Å². The van der Waals surface area contributed by atoms with Crippen LogP contribution in [-0.4, -0.2) is 27.8 Å². The Hall–Kier alpha value is -3.15. The van der Waals surface area contributed by atoms with Gasteiger partial charge in [0.15, 0.2) is 0 Å². The number of carbonyl (C=O) groups is 1. The zero-order chi connectivity index (χ0) is 18.7. The van der Waals surface area contributed by atoms with Crippen molar-refractivity contribution in [3.05, 3.63) is 72.3 Å². The van der Waals surface area contributed by atoms with Crippen LogP contribution >= 0.6 is 0 Å². The van der Waals surface area contributed by atoms with Gasteiger partial charge in [0.1, 0.15) is 18.4 Å². The van der Waals surface area contributed by atoms with E-state index in [1.54, 1.807) is 24.3 Å². The Morgan fingerprint density at radius 2 is 1.78 bits per heavy atom. The van der Waals surface area contributed by atoms with Gasteiger partial charge >= 0.3 is 0 Å². The van der Waals surface area contributed by atoms with E-state index in [0.717, 1.165) is 42.7 Å². The Morgan fingerprint density at radius 3 is 2.44 bits per heavy atom. The minimum Gasteiger partial charge on any atom is -0.497 e. The quantitative estimate of drug-likeness (QED) is 0.754. The highest BCUT2D eigenvalue weighted by atomic mass is 16.5. The molecule has 0 saturated heterocycles. The summed E-state index contributed by atoms with van der Waals surface area (Å²) in [7, 11) is 1.66. The summed E-state index contributed by atoms with van der Waals surface area (Å²) in [5.41, 5.74) is 2.29. The van der Waals surface area contributed by atoms with Crippen LogP contribution in [0.4, 0.5) is 0 Å². The molecule has 1 aliphatic rings. The standard InChI is InChI=1S/C21H22N4O2/c1-27-19-9-7-17(8-10-19)21(11-2-3-12-21)24-20(26)16-5-4-6-18(13-16)25-14-22-23-15-25/h4-10,13-15H,2-3,11-12H2,1H3,(H,24,26). The molecule has 138 valence electrons. The summed E-state index contributed by atoms with van der Waals surface area (Å²) in [5.74, 6) is 0.752. The number of aromatic nitrogens is 3. The largest absolute Gasteiger partial charge is 0.497 e. The number of ether oxygens (including phenoxy) is 1. The maximum Gasteiger partial charge on any atom is 0.252 e.